The van der Waals surface area contributed by atoms with E-state index in [1.54, 1.807) is 19.0 Å². The SMILES string of the molecule is Cc1noc(C)c1CN1CCc2cc(C(=O)N(C)C)c(NCC(C)C)nc2CC1.O=C(O)C(F)(F)F.O=C(O)C(F)(F)F. The van der Waals surface area contributed by atoms with E-state index in [2.05, 4.69) is 29.2 Å². The van der Waals surface area contributed by atoms with Gasteiger partial charge in [0.2, 0.25) is 0 Å². The first-order chi connectivity index (χ1) is 19.6. The van der Waals surface area contributed by atoms with Gasteiger partial charge in [0, 0.05) is 58.0 Å². The van der Waals surface area contributed by atoms with Gasteiger partial charge >= 0.3 is 24.3 Å². The van der Waals surface area contributed by atoms with Crippen LogP contribution >= 0.6 is 0 Å². The number of fused-ring (bicyclic) bond motifs is 1. The molecule has 0 radical (unpaired) electrons. The fraction of sp³-hybridized carbons (Fsp3) is 0.577. The molecular formula is C26H35F6N5O6. The van der Waals surface area contributed by atoms with Gasteiger partial charge in [-0.2, -0.15) is 26.3 Å². The Morgan fingerprint density at radius 3 is 1.95 bits per heavy atom. The zero-order chi connectivity index (χ0) is 33.3. The molecule has 2 aromatic rings. The second kappa shape index (κ2) is 15.5. The number of aryl methyl sites for hydroxylation is 2. The van der Waals surface area contributed by atoms with Crippen LogP contribution in [0.4, 0.5) is 32.2 Å². The van der Waals surface area contributed by atoms with E-state index in [-0.39, 0.29) is 5.91 Å². The molecule has 1 aliphatic rings. The third-order valence-electron chi connectivity index (χ3n) is 5.92. The number of anilines is 1. The average molecular weight is 628 g/mol. The van der Waals surface area contributed by atoms with Crippen LogP contribution in [0.1, 0.15) is 52.5 Å². The number of nitrogens with zero attached hydrogens (tertiary/aromatic N) is 4. The fourth-order valence-electron chi connectivity index (χ4n) is 3.63. The Hall–Kier alpha value is -3.89. The van der Waals surface area contributed by atoms with E-state index in [0.717, 1.165) is 56.2 Å². The number of halogens is 6. The molecule has 0 atom stereocenters. The van der Waals surface area contributed by atoms with Crippen molar-refractivity contribution in [3.05, 3.63) is 39.9 Å². The summed E-state index contributed by atoms with van der Waals surface area (Å²) in [4.78, 5) is 39.5. The van der Waals surface area contributed by atoms with Gasteiger partial charge in [-0.05, 0) is 37.8 Å². The molecule has 11 nitrogen and oxygen atoms in total. The Morgan fingerprint density at radius 2 is 1.53 bits per heavy atom. The van der Waals surface area contributed by atoms with Crippen molar-refractivity contribution < 1.29 is 55.5 Å². The van der Waals surface area contributed by atoms with Gasteiger partial charge in [0.15, 0.2) is 0 Å². The Labute approximate surface area is 243 Å². The second-order valence-electron chi connectivity index (χ2n) is 10.1. The molecule has 0 bridgehead atoms. The number of alkyl halides is 6. The zero-order valence-corrected chi connectivity index (χ0v) is 24.5. The molecule has 0 fully saturated rings. The largest absolute Gasteiger partial charge is 0.490 e. The Kier molecular flexibility index (Phi) is 13.4. The summed E-state index contributed by atoms with van der Waals surface area (Å²) in [6, 6.07) is 2.05. The predicted octanol–water partition coefficient (Wildman–Crippen LogP) is 4.32. The van der Waals surface area contributed by atoms with Crippen LogP contribution in [-0.4, -0.2) is 94.1 Å². The summed E-state index contributed by atoms with van der Waals surface area (Å²) in [5.74, 6) is -3.46. The molecule has 17 heteroatoms. The number of nitrogens with one attached hydrogen (secondary N) is 1. The van der Waals surface area contributed by atoms with Crippen molar-refractivity contribution in [1.82, 2.24) is 19.9 Å². The fourth-order valence-corrected chi connectivity index (χ4v) is 3.63. The van der Waals surface area contributed by atoms with Crippen molar-refractivity contribution in [2.45, 2.75) is 59.4 Å². The molecule has 3 heterocycles. The first kappa shape index (κ1) is 37.1. The van der Waals surface area contributed by atoms with Crippen molar-refractivity contribution in [1.29, 1.82) is 0 Å². The van der Waals surface area contributed by atoms with Crippen LogP contribution in [0.2, 0.25) is 0 Å². The van der Waals surface area contributed by atoms with Crippen LogP contribution in [0.15, 0.2) is 10.6 Å². The monoisotopic (exact) mass is 627 g/mol. The first-order valence-electron chi connectivity index (χ1n) is 12.9. The van der Waals surface area contributed by atoms with Gasteiger partial charge in [0.25, 0.3) is 5.91 Å². The van der Waals surface area contributed by atoms with E-state index in [1.807, 2.05) is 19.9 Å². The summed E-state index contributed by atoms with van der Waals surface area (Å²) < 4.78 is 68.8. The molecule has 3 rings (SSSR count). The Balaban J connectivity index is 0.000000548. The molecule has 0 saturated carbocycles. The van der Waals surface area contributed by atoms with Crippen molar-refractivity contribution >= 4 is 23.7 Å². The molecule has 43 heavy (non-hydrogen) atoms. The molecule has 0 spiro atoms. The lowest BCUT2D eigenvalue weighted by Crippen LogP contribution is -2.26. The quantitative estimate of drug-likeness (QED) is 0.396. The third-order valence-corrected chi connectivity index (χ3v) is 5.92. The molecule has 1 aliphatic heterocycles. The van der Waals surface area contributed by atoms with Crippen LogP contribution in [-0.2, 0) is 29.0 Å². The smallest absolute Gasteiger partial charge is 0.475 e. The number of aliphatic carboxylic acids is 2. The number of pyridine rings is 1. The van der Waals surface area contributed by atoms with Crippen molar-refractivity contribution in [2.75, 3.05) is 39.0 Å². The van der Waals surface area contributed by atoms with E-state index in [0.29, 0.717) is 17.3 Å². The maximum absolute atomic E-state index is 12.8. The lowest BCUT2D eigenvalue weighted by Gasteiger charge is -2.19. The Bertz CT molecular complexity index is 1220. The van der Waals surface area contributed by atoms with Gasteiger partial charge in [-0.1, -0.05) is 19.0 Å². The number of aromatic nitrogens is 2. The van der Waals surface area contributed by atoms with Crippen LogP contribution < -0.4 is 5.32 Å². The third kappa shape index (κ3) is 12.1. The van der Waals surface area contributed by atoms with E-state index >= 15 is 0 Å². The zero-order valence-electron chi connectivity index (χ0n) is 24.5. The van der Waals surface area contributed by atoms with Crippen LogP contribution in [0.25, 0.3) is 0 Å². The number of carboxylic acids is 2. The number of amides is 1. The van der Waals surface area contributed by atoms with Gasteiger partial charge < -0.3 is 25.0 Å². The average Bonchev–Trinajstić information content (AvgIpc) is 3.07. The van der Waals surface area contributed by atoms with E-state index in [4.69, 9.17) is 29.3 Å². The normalized spacial score (nSPS) is 13.5. The molecule has 1 amide bonds. The number of carbonyl (C=O) groups is 3. The predicted molar refractivity (Wildman–Crippen MR) is 142 cm³/mol. The highest BCUT2D eigenvalue weighted by Gasteiger charge is 2.38. The van der Waals surface area contributed by atoms with Gasteiger partial charge in [0.05, 0.1) is 11.3 Å². The summed E-state index contributed by atoms with van der Waals surface area (Å²) in [5, 5.41) is 21.7. The maximum Gasteiger partial charge on any atom is 0.490 e. The highest BCUT2D eigenvalue weighted by Crippen LogP contribution is 2.24. The molecule has 2 aromatic heterocycles. The van der Waals surface area contributed by atoms with Crippen molar-refractivity contribution in [3.8, 4) is 0 Å². The number of rotatable bonds is 6. The molecule has 242 valence electrons. The molecule has 0 unspecified atom stereocenters. The number of carboxylic acid groups (broad SMARTS) is 2. The van der Waals surface area contributed by atoms with Crippen molar-refractivity contribution in [3.63, 3.8) is 0 Å². The lowest BCUT2D eigenvalue weighted by atomic mass is 10.0. The van der Waals surface area contributed by atoms with Crippen molar-refractivity contribution in [2.24, 2.45) is 5.92 Å². The summed E-state index contributed by atoms with van der Waals surface area (Å²) in [6.45, 7) is 11.7. The molecule has 0 aliphatic carbocycles. The van der Waals surface area contributed by atoms with E-state index in [1.165, 1.54) is 11.1 Å². The lowest BCUT2D eigenvalue weighted by molar-refractivity contribution is -0.193. The summed E-state index contributed by atoms with van der Waals surface area (Å²) in [6.07, 6.45) is -8.42. The topological polar surface area (TPSA) is 149 Å². The molecule has 3 N–H and O–H groups in total. The van der Waals surface area contributed by atoms with E-state index in [9.17, 15) is 31.1 Å². The van der Waals surface area contributed by atoms with Crippen LogP contribution in [0.5, 0.6) is 0 Å². The Morgan fingerprint density at radius 1 is 1.02 bits per heavy atom. The van der Waals surface area contributed by atoms with Gasteiger partial charge in [-0.25, -0.2) is 14.6 Å². The summed E-state index contributed by atoms with van der Waals surface area (Å²) in [5.41, 5.74) is 5.06. The summed E-state index contributed by atoms with van der Waals surface area (Å²) >= 11 is 0. The molecule has 0 aromatic carbocycles. The minimum Gasteiger partial charge on any atom is -0.475 e. The molecule has 0 saturated heterocycles. The number of hydrogen-bond donors (Lipinski definition) is 3. The first-order valence-corrected chi connectivity index (χ1v) is 12.9. The van der Waals surface area contributed by atoms with Gasteiger partial charge in [-0.3, -0.25) is 9.69 Å². The minimum absolute atomic E-state index is 0.0108. The minimum atomic E-state index is -5.08. The van der Waals surface area contributed by atoms with E-state index < -0.39 is 24.3 Å². The maximum atomic E-state index is 12.8. The number of hydrogen-bond acceptors (Lipinski definition) is 8. The highest BCUT2D eigenvalue weighted by molar-refractivity contribution is 5.98. The van der Waals surface area contributed by atoms with Crippen LogP contribution in [0, 0.1) is 19.8 Å². The van der Waals surface area contributed by atoms with Crippen LogP contribution in [0.3, 0.4) is 0 Å². The van der Waals surface area contributed by atoms with Gasteiger partial charge in [-0.15, -0.1) is 0 Å². The van der Waals surface area contributed by atoms with Gasteiger partial charge in [0.1, 0.15) is 11.6 Å². The highest BCUT2D eigenvalue weighted by atomic mass is 19.4. The molecular weight excluding hydrogens is 592 g/mol. The second-order valence-corrected chi connectivity index (χ2v) is 10.1. The number of carbonyl (C=O) groups excluding carboxylic acids is 1. The summed E-state index contributed by atoms with van der Waals surface area (Å²) in [7, 11) is 3.57. The standard InChI is InChI=1S/C22H33N5O2.2C2HF3O2/c1-14(2)12-23-21-18(22(28)26(5)6)11-17-7-9-27(10-8-20(17)24-21)13-19-15(3)25-29-16(19)4;2*3-2(4,5)1(6)7/h11,14H,7-10,12-13H2,1-6H3,(H,23,24);2*(H,6,7).